The lowest BCUT2D eigenvalue weighted by Gasteiger charge is -2.04. The third kappa shape index (κ3) is 1.44. The molecule has 82 valence electrons. The Balaban J connectivity index is 1.99. The summed E-state index contributed by atoms with van der Waals surface area (Å²) in [5.74, 6) is 0.346. The van der Waals surface area contributed by atoms with Crippen LogP contribution in [0.15, 0.2) is 29.5 Å². The van der Waals surface area contributed by atoms with Gasteiger partial charge >= 0.3 is 0 Å². The molecule has 0 N–H and O–H groups in total. The van der Waals surface area contributed by atoms with E-state index in [0.717, 1.165) is 12.8 Å². The van der Waals surface area contributed by atoms with Crippen molar-refractivity contribution in [3.05, 3.63) is 35.0 Å². The van der Waals surface area contributed by atoms with Crippen molar-refractivity contribution < 1.29 is 4.79 Å². The van der Waals surface area contributed by atoms with Crippen LogP contribution in [-0.4, -0.2) is 20.0 Å². The van der Waals surface area contributed by atoms with Crippen LogP contribution in [0.1, 0.15) is 12.8 Å². The minimum absolute atomic E-state index is 0.158. The van der Waals surface area contributed by atoms with E-state index >= 15 is 0 Å². The molecule has 5 nitrogen and oxygen atoms in total. The molecule has 3 rings (SSSR count). The number of hydrogen-bond donors (Lipinski definition) is 0. The lowest BCUT2D eigenvalue weighted by atomic mass is 10.2. The van der Waals surface area contributed by atoms with Crippen molar-refractivity contribution in [2.45, 2.75) is 19.4 Å². The van der Waals surface area contributed by atoms with Crippen molar-refractivity contribution in [1.82, 2.24) is 14.2 Å². The summed E-state index contributed by atoms with van der Waals surface area (Å²) < 4.78 is 2.97. The second kappa shape index (κ2) is 3.30. The van der Waals surface area contributed by atoms with Gasteiger partial charge in [0.1, 0.15) is 5.52 Å². The van der Waals surface area contributed by atoms with Gasteiger partial charge in [-0.15, -0.1) is 0 Å². The smallest absolute Gasteiger partial charge is 0.276 e. The molecule has 5 heteroatoms. The summed E-state index contributed by atoms with van der Waals surface area (Å²) in [7, 11) is 0. The molecule has 0 amide bonds. The topological polar surface area (TPSA) is 56.4 Å². The van der Waals surface area contributed by atoms with E-state index in [1.165, 1.54) is 9.08 Å². The first kappa shape index (κ1) is 9.33. The molecule has 0 aromatic carbocycles. The van der Waals surface area contributed by atoms with Gasteiger partial charge in [0.15, 0.2) is 5.78 Å². The zero-order valence-electron chi connectivity index (χ0n) is 8.67. The van der Waals surface area contributed by atoms with Crippen molar-refractivity contribution in [3.8, 4) is 0 Å². The number of fused-ring (bicyclic) bond motifs is 1. The Labute approximate surface area is 91.3 Å². The molecule has 0 aliphatic heterocycles. The molecule has 0 spiro atoms. The fourth-order valence-corrected chi connectivity index (χ4v) is 1.79. The molecule has 2 aromatic heterocycles. The van der Waals surface area contributed by atoms with Crippen molar-refractivity contribution in [2.24, 2.45) is 5.92 Å². The van der Waals surface area contributed by atoms with Crippen molar-refractivity contribution in [1.29, 1.82) is 0 Å². The molecule has 2 heterocycles. The summed E-state index contributed by atoms with van der Waals surface area (Å²) in [5.41, 5.74) is 0.347. The van der Waals surface area contributed by atoms with Crippen LogP contribution in [-0.2, 0) is 11.3 Å². The number of Topliss-reactive ketones (excluding diaryl/α,β-unsaturated/α-hetero) is 1. The van der Waals surface area contributed by atoms with Gasteiger partial charge in [-0.3, -0.25) is 9.59 Å². The SMILES string of the molecule is O=C(Cn1ccn2nccc2c1=O)C1CC1. The fourth-order valence-electron chi connectivity index (χ4n) is 1.79. The number of nitrogens with zero attached hydrogens (tertiary/aromatic N) is 3. The standard InChI is InChI=1S/C11H11N3O2/c15-10(8-1-2-8)7-13-5-6-14-9(11(13)16)3-4-12-14/h3-6,8H,1-2,7H2. The lowest BCUT2D eigenvalue weighted by molar-refractivity contribution is -0.120. The Kier molecular flexibility index (Phi) is 1.92. The van der Waals surface area contributed by atoms with Crippen molar-refractivity contribution in [3.63, 3.8) is 0 Å². The quantitative estimate of drug-likeness (QED) is 0.751. The monoisotopic (exact) mass is 217 g/mol. The summed E-state index contributed by atoms with van der Waals surface area (Å²) in [4.78, 5) is 23.5. The van der Waals surface area contributed by atoms with E-state index < -0.39 is 0 Å². The molecule has 0 bridgehead atoms. The van der Waals surface area contributed by atoms with Crippen LogP contribution in [0.2, 0.25) is 0 Å². The van der Waals surface area contributed by atoms with Gasteiger partial charge in [-0.05, 0) is 18.9 Å². The van der Waals surface area contributed by atoms with Gasteiger partial charge < -0.3 is 4.57 Å². The highest BCUT2D eigenvalue weighted by Gasteiger charge is 2.29. The van der Waals surface area contributed by atoms with Crippen molar-refractivity contribution in [2.75, 3.05) is 0 Å². The summed E-state index contributed by atoms with van der Waals surface area (Å²) in [6.07, 6.45) is 6.83. The molecule has 2 aromatic rings. The van der Waals surface area contributed by atoms with Crippen LogP contribution >= 0.6 is 0 Å². The average Bonchev–Trinajstić information content (AvgIpc) is 3.01. The normalized spacial score (nSPS) is 15.5. The van der Waals surface area contributed by atoms with Gasteiger partial charge in [0.2, 0.25) is 0 Å². The maximum absolute atomic E-state index is 11.9. The van der Waals surface area contributed by atoms with Crippen LogP contribution in [0.5, 0.6) is 0 Å². The predicted octanol–water partition coefficient (Wildman–Crippen LogP) is 0.475. The highest BCUT2D eigenvalue weighted by Crippen LogP contribution is 2.30. The second-order valence-electron chi connectivity index (χ2n) is 4.13. The third-order valence-corrected chi connectivity index (χ3v) is 2.90. The van der Waals surface area contributed by atoms with Gasteiger partial charge in [0.05, 0.1) is 12.7 Å². The minimum Gasteiger partial charge on any atom is -0.305 e. The maximum atomic E-state index is 11.9. The van der Waals surface area contributed by atoms with Crippen LogP contribution < -0.4 is 5.56 Å². The Bertz CT molecular complexity index is 607. The first-order valence-corrected chi connectivity index (χ1v) is 5.31. The van der Waals surface area contributed by atoms with Gasteiger partial charge in [0.25, 0.3) is 5.56 Å². The molecule has 1 saturated carbocycles. The van der Waals surface area contributed by atoms with E-state index in [0.29, 0.717) is 5.52 Å². The van der Waals surface area contributed by atoms with Crippen molar-refractivity contribution >= 4 is 11.3 Å². The van der Waals surface area contributed by atoms with Gasteiger partial charge in [-0.2, -0.15) is 5.10 Å². The average molecular weight is 217 g/mol. The lowest BCUT2D eigenvalue weighted by Crippen LogP contribution is -2.25. The minimum atomic E-state index is -0.158. The number of hydrogen-bond acceptors (Lipinski definition) is 3. The van der Waals surface area contributed by atoms with Gasteiger partial charge in [-0.25, -0.2) is 4.52 Å². The van der Waals surface area contributed by atoms with Gasteiger partial charge in [-0.1, -0.05) is 0 Å². The van der Waals surface area contributed by atoms with Crippen LogP contribution in [0.4, 0.5) is 0 Å². The zero-order chi connectivity index (χ0) is 11.1. The summed E-state index contributed by atoms with van der Waals surface area (Å²) in [5, 5.41) is 3.97. The molecule has 1 fully saturated rings. The molecule has 16 heavy (non-hydrogen) atoms. The number of rotatable bonds is 3. The third-order valence-electron chi connectivity index (χ3n) is 2.90. The number of aromatic nitrogens is 3. The number of carbonyl (C=O) groups is 1. The molecular formula is C11H11N3O2. The molecule has 0 unspecified atom stereocenters. The highest BCUT2D eigenvalue weighted by molar-refractivity contribution is 5.82. The molecular weight excluding hydrogens is 206 g/mol. The first-order chi connectivity index (χ1) is 7.75. The summed E-state index contributed by atoms with van der Waals surface area (Å²) >= 11 is 0. The Morgan fingerprint density at radius 1 is 1.44 bits per heavy atom. The van der Waals surface area contributed by atoms with Gasteiger partial charge in [0, 0.05) is 18.3 Å². The van der Waals surface area contributed by atoms with Crippen LogP contribution in [0, 0.1) is 5.92 Å². The molecule has 0 atom stereocenters. The molecule has 0 radical (unpaired) electrons. The van der Waals surface area contributed by atoms with Crippen LogP contribution in [0.25, 0.3) is 5.52 Å². The van der Waals surface area contributed by atoms with E-state index in [1.54, 1.807) is 24.7 Å². The predicted molar refractivity (Wildman–Crippen MR) is 57.2 cm³/mol. The maximum Gasteiger partial charge on any atom is 0.276 e. The van der Waals surface area contributed by atoms with E-state index in [2.05, 4.69) is 5.10 Å². The van der Waals surface area contributed by atoms with E-state index in [-0.39, 0.29) is 23.8 Å². The van der Waals surface area contributed by atoms with E-state index in [1.807, 2.05) is 0 Å². The largest absolute Gasteiger partial charge is 0.305 e. The summed E-state index contributed by atoms with van der Waals surface area (Å²) in [6.45, 7) is 0.186. The second-order valence-corrected chi connectivity index (χ2v) is 4.13. The Morgan fingerprint density at radius 2 is 2.25 bits per heavy atom. The molecule has 0 saturated heterocycles. The Morgan fingerprint density at radius 3 is 3.00 bits per heavy atom. The highest BCUT2D eigenvalue weighted by atomic mass is 16.1. The van der Waals surface area contributed by atoms with E-state index in [4.69, 9.17) is 0 Å². The van der Waals surface area contributed by atoms with E-state index in [9.17, 15) is 9.59 Å². The zero-order valence-corrected chi connectivity index (χ0v) is 8.67. The first-order valence-electron chi connectivity index (χ1n) is 5.31. The Hall–Kier alpha value is -1.91. The number of carbonyl (C=O) groups excluding carboxylic acids is 1. The van der Waals surface area contributed by atoms with Crippen LogP contribution in [0.3, 0.4) is 0 Å². The molecule has 1 aliphatic rings. The number of ketones is 1. The summed E-state index contributed by atoms with van der Waals surface area (Å²) in [6, 6.07) is 1.65. The fraction of sp³-hybridized carbons (Fsp3) is 0.364. The molecule has 1 aliphatic carbocycles.